The minimum atomic E-state index is 0.567. The number of allylic oxidation sites excluding steroid dienone is 1. The molecule has 0 aliphatic rings. The first-order chi connectivity index (χ1) is 13.2. The van der Waals surface area contributed by atoms with Crippen LogP contribution in [0.4, 0.5) is 0 Å². The Morgan fingerprint density at radius 3 is 2.48 bits per heavy atom. The number of halogens is 1. The van der Waals surface area contributed by atoms with E-state index in [1.54, 1.807) is 23.5 Å². The van der Waals surface area contributed by atoms with Crippen molar-refractivity contribution in [3.8, 4) is 22.3 Å². The SMILES string of the molecule is N#C/C(=C\c1cn(-c2ccccc2)nc1-c1cccs1)c1ccc(Cl)cc1. The third-order valence-corrected chi connectivity index (χ3v) is 5.22. The van der Waals surface area contributed by atoms with Gasteiger partial charge in [0.15, 0.2) is 0 Å². The highest BCUT2D eigenvalue weighted by molar-refractivity contribution is 7.13. The molecule has 0 aliphatic carbocycles. The summed E-state index contributed by atoms with van der Waals surface area (Å²) in [7, 11) is 0. The average molecular weight is 388 g/mol. The monoisotopic (exact) mass is 387 g/mol. The third-order valence-electron chi connectivity index (χ3n) is 4.09. The lowest BCUT2D eigenvalue weighted by atomic mass is 10.0. The Morgan fingerprint density at radius 1 is 1.04 bits per heavy atom. The maximum absolute atomic E-state index is 9.68. The van der Waals surface area contributed by atoms with Gasteiger partial charge in [-0.1, -0.05) is 48.0 Å². The summed E-state index contributed by atoms with van der Waals surface area (Å²) in [5.41, 5.74) is 4.12. The Kier molecular flexibility index (Phi) is 4.88. The van der Waals surface area contributed by atoms with Gasteiger partial charge >= 0.3 is 0 Å². The second-order valence-electron chi connectivity index (χ2n) is 5.87. The fourth-order valence-corrected chi connectivity index (χ4v) is 3.63. The van der Waals surface area contributed by atoms with Crippen LogP contribution in [-0.2, 0) is 0 Å². The first-order valence-corrected chi connectivity index (χ1v) is 9.57. The molecule has 2 aromatic heterocycles. The summed E-state index contributed by atoms with van der Waals surface area (Å²) in [5.74, 6) is 0. The molecule has 0 saturated heterocycles. The van der Waals surface area contributed by atoms with E-state index in [0.717, 1.165) is 27.4 Å². The molecular formula is C22H14ClN3S. The van der Waals surface area contributed by atoms with Crippen molar-refractivity contribution < 1.29 is 0 Å². The van der Waals surface area contributed by atoms with Crippen molar-refractivity contribution in [2.24, 2.45) is 0 Å². The molecule has 27 heavy (non-hydrogen) atoms. The Balaban J connectivity index is 1.84. The molecule has 0 aliphatic heterocycles. The van der Waals surface area contributed by atoms with Crippen LogP contribution in [0.15, 0.2) is 78.3 Å². The number of hydrogen-bond acceptors (Lipinski definition) is 3. The summed E-state index contributed by atoms with van der Waals surface area (Å²) in [6, 6.07) is 23.5. The molecule has 2 heterocycles. The summed E-state index contributed by atoms with van der Waals surface area (Å²) in [5, 5.41) is 17.1. The predicted octanol–water partition coefficient (Wildman–Crippen LogP) is 6.32. The number of rotatable bonds is 4. The van der Waals surface area contributed by atoms with Gasteiger partial charge in [-0.05, 0) is 47.4 Å². The van der Waals surface area contributed by atoms with Gasteiger partial charge in [0.1, 0.15) is 5.69 Å². The number of thiophene rings is 1. The molecular weight excluding hydrogens is 374 g/mol. The molecule has 0 fully saturated rings. The predicted molar refractivity (Wildman–Crippen MR) is 112 cm³/mol. The number of para-hydroxylation sites is 1. The number of benzene rings is 2. The van der Waals surface area contributed by atoms with Crippen LogP contribution in [0.2, 0.25) is 5.02 Å². The first-order valence-electron chi connectivity index (χ1n) is 8.31. The summed E-state index contributed by atoms with van der Waals surface area (Å²) in [6.07, 6.45) is 3.84. The van der Waals surface area contributed by atoms with Gasteiger partial charge in [0.25, 0.3) is 0 Å². The van der Waals surface area contributed by atoms with E-state index < -0.39 is 0 Å². The van der Waals surface area contributed by atoms with Gasteiger partial charge in [-0.25, -0.2) is 4.68 Å². The van der Waals surface area contributed by atoms with E-state index in [9.17, 15) is 5.26 Å². The van der Waals surface area contributed by atoms with E-state index in [4.69, 9.17) is 16.7 Å². The topological polar surface area (TPSA) is 41.6 Å². The Hall–Kier alpha value is -3.13. The first kappa shape index (κ1) is 17.3. The van der Waals surface area contributed by atoms with E-state index in [0.29, 0.717) is 10.6 Å². The summed E-state index contributed by atoms with van der Waals surface area (Å²) < 4.78 is 1.84. The molecule has 0 saturated carbocycles. The highest BCUT2D eigenvalue weighted by Crippen LogP contribution is 2.30. The minimum absolute atomic E-state index is 0.567. The van der Waals surface area contributed by atoms with Gasteiger partial charge in [-0.15, -0.1) is 11.3 Å². The second-order valence-corrected chi connectivity index (χ2v) is 7.25. The average Bonchev–Trinajstić information content (AvgIpc) is 3.37. The molecule has 0 atom stereocenters. The van der Waals surface area contributed by atoms with Crippen LogP contribution >= 0.6 is 22.9 Å². The zero-order valence-electron chi connectivity index (χ0n) is 14.2. The fourth-order valence-electron chi connectivity index (χ4n) is 2.78. The van der Waals surface area contributed by atoms with Crippen LogP contribution in [-0.4, -0.2) is 9.78 Å². The number of nitriles is 1. The van der Waals surface area contributed by atoms with Crippen molar-refractivity contribution in [2.75, 3.05) is 0 Å². The van der Waals surface area contributed by atoms with E-state index >= 15 is 0 Å². The molecule has 0 radical (unpaired) electrons. The molecule has 0 N–H and O–H groups in total. The molecule has 2 aromatic carbocycles. The largest absolute Gasteiger partial charge is 0.240 e. The van der Waals surface area contributed by atoms with Gasteiger partial charge in [0, 0.05) is 16.8 Å². The van der Waals surface area contributed by atoms with Crippen molar-refractivity contribution in [2.45, 2.75) is 0 Å². The highest BCUT2D eigenvalue weighted by Gasteiger charge is 2.13. The molecule has 0 bridgehead atoms. The van der Waals surface area contributed by atoms with Gasteiger partial charge in [0.2, 0.25) is 0 Å². The second kappa shape index (κ2) is 7.63. The van der Waals surface area contributed by atoms with Crippen molar-refractivity contribution in [1.29, 1.82) is 5.26 Å². The van der Waals surface area contributed by atoms with E-state index in [1.807, 2.05) is 76.9 Å². The van der Waals surface area contributed by atoms with Gasteiger partial charge < -0.3 is 0 Å². The highest BCUT2D eigenvalue weighted by atomic mass is 35.5. The van der Waals surface area contributed by atoms with E-state index in [2.05, 4.69) is 6.07 Å². The van der Waals surface area contributed by atoms with Crippen molar-refractivity contribution in [3.05, 3.63) is 94.5 Å². The quantitative estimate of drug-likeness (QED) is 0.384. The molecule has 0 spiro atoms. The van der Waals surface area contributed by atoms with E-state index in [-0.39, 0.29) is 0 Å². The number of aromatic nitrogens is 2. The van der Waals surface area contributed by atoms with Crippen molar-refractivity contribution >= 4 is 34.6 Å². The standard InChI is InChI=1S/C22H14ClN3S/c23-19-10-8-16(9-11-19)17(14-24)13-18-15-26(20-5-2-1-3-6-20)25-22(18)21-7-4-12-27-21/h1-13,15H/b17-13+. The normalized spacial score (nSPS) is 11.3. The molecule has 4 aromatic rings. The van der Waals surface area contributed by atoms with Gasteiger partial charge in [0.05, 0.1) is 22.2 Å². The van der Waals surface area contributed by atoms with E-state index in [1.165, 1.54) is 0 Å². The van der Waals surface area contributed by atoms with Crippen LogP contribution in [0.5, 0.6) is 0 Å². The lowest BCUT2D eigenvalue weighted by Gasteiger charge is -2.00. The van der Waals surface area contributed by atoms with Crippen LogP contribution in [0.3, 0.4) is 0 Å². The van der Waals surface area contributed by atoms with Crippen LogP contribution in [0.1, 0.15) is 11.1 Å². The fraction of sp³-hybridized carbons (Fsp3) is 0. The maximum Gasteiger partial charge on any atom is 0.110 e. The van der Waals surface area contributed by atoms with Crippen LogP contribution in [0, 0.1) is 11.3 Å². The molecule has 0 amide bonds. The number of hydrogen-bond donors (Lipinski definition) is 0. The summed E-state index contributed by atoms with van der Waals surface area (Å²) >= 11 is 7.60. The molecule has 0 unspecified atom stereocenters. The smallest absolute Gasteiger partial charge is 0.110 e. The van der Waals surface area contributed by atoms with Crippen LogP contribution < -0.4 is 0 Å². The van der Waals surface area contributed by atoms with Gasteiger partial charge in [-0.2, -0.15) is 10.4 Å². The lowest BCUT2D eigenvalue weighted by Crippen LogP contribution is -1.93. The number of nitrogens with zero attached hydrogens (tertiary/aromatic N) is 3. The summed E-state index contributed by atoms with van der Waals surface area (Å²) in [6.45, 7) is 0. The van der Waals surface area contributed by atoms with Crippen LogP contribution in [0.25, 0.3) is 27.9 Å². The molecule has 3 nitrogen and oxygen atoms in total. The molecule has 5 heteroatoms. The molecule has 130 valence electrons. The molecule has 4 rings (SSSR count). The van der Waals surface area contributed by atoms with Crippen molar-refractivity contribution in [1.82, 2.24) is 9.78 Å². The Morgan fingerprint density at radius 2 is 1.81 bits per heavy atom. The minimum Gasteiger partial charge on any atom is -0.240 e. The third kappa shape index (κ3) is 3.70. The van der Waals surface area contributed by atoms with Crippen molar-refractivity contribution in [3.63, 3.8) is 0 Å². The lowest BCUT2D eigenvalue weighted by molar-refractivity contribution is 0.885. The zero-order valence-corrected chi connectivity index (χ0v) is 15.8. The Labute approximate surface area is 166 Å². The van der Waals surface area contributed by atoms with Gasteiger partial charge in [-0.3, -0.25) is 0 Å². The Bertz CT molecular complexity index is 1120. The summed E-state index contributed by atoms with van der Waals surface area (Å²) in [4.78, 5) is 1.06. The zero-order chi connectivity index (χ0) is 18.6. The maximum atomic E-state index is 9.68.